The lowest BCUT2D eigenvalue weighted by Gasteiger charge is -2.18. The maximum Gasteiger partial charge on any atom is 0.253 e. The second-order valence-electron chi connectivity index (χ2n) is 7.91. The molecule has 0 saturated carbocycles. The first-order chi connectivity index (χ1) is 15.5. The smallest absolute Gasteiger partial charge is 0.253 e. The Morgan fingerprint density at radius 3 is 2.31 bits per heavy atom. The molecule has 0 aliphatic carbocycles. The van der Waals surface area contributed by atoms with Crippen LogP contribution in [0.4, 0.5) is 4.39 Å². The van der Waals surface area contributed by atoms with Crippen molar-refractivity contribution in [1.82, 2.24) is 10.2 Å². The predicted octanol–water partition coefficient (Wildman–Crippen LogP) is 4.01. The monoisotopic (exact) mass is 432 g/mol. The summed E-state index contributed by atoms with van der Waals surface area (Å²) in [4.78, 5) is 28.0. The summed E-state index contributed by atoms with van der Waals surface area (Å²) < 4.78 is 18.3. The number of carbonyl (C=O) groups excluding carboxylic acids is 2. The number of nitrogens with zero attached hydrogens (tertiary/aromatic N) is 1. The number of halogens is 1. The molecule has 0 bridgehead atoms. The zero-order chi connectivity index (χ0) is 22.5. The summed E-state index contributed by atoms with van der Waals surface area (Å²) in [5.74, 6) is -0.335. The van der Waals surface area contributed by atoms with Crippen LogP contribution in [0, 0.1) is 11.7 Å². The van der Waals surface area contributed by atoms with Crippen molar-refractivity contribution in [3.05, 3.63) is 101 Å². The lowest BCUT2D eigenvalue weighted by Crippen LogP contribution is -2.35. The number of amides is 2. The highest BCUT2D eigenvalue weighted by Gasteiger charge is 2.40. The van der Waals surface area contributed by atoms with Gasteiger partial charge >= 0.3 is 0 Å². The fraction of sp³-hybridized carbons (Fsp3) is 0.231. The highest BCUT2D eigenvalue weighted by Crippen LogP contribution is 2.34. The van der Waals surface area contributed by atoms with Crippen molar-refractivity contribution in [2.75, 3.05) is 20.2 Å². The number of likely N-dealkylation sites (tertiary alicyclic amines) is 1. The highest BCUT2D eigenvalue weighted by molar-refractivity contribution is 5.95. The Labute approximate surface area is 186 Å². The molecule has 1 N–H and O–H groups in total. The largest absolute Gasteiger partial charge is 0.497 e. The molecule has 32 heavy (non-hydrogen) atoms. The topological polar surface area (TPSA) is 58.6 Å². The van der Waals surface area contributed by atoms with E-state index < -0.39 is 0 Å². The second-order valence-corrected chi connectivity index (χ2v) is 7.91. The van der Waals surface area contributed by atoms with Crippen molar-refractivity contribution < 1.29 is 18.7 Å². The summed E-state index contributed by atoms with van der Waals surface area (Å²) in [6.45, 7) is 1.10. The number of hydrogen-bond donors (Lipinski definition) is 1. The number of carbonyl (C=O) groups is 2. The molecule has 0 aromatic heterocycles. The minimum Gasteiger partial charge on any atom is -0.497 e. The average molecular weight is 432 g/mol. The van der Waals surface area contributed by atoms with Crippen LogP contribution in [0.25, 0.3) is 0 Å². The van der Waals surface area contributed by atoms with E-state index in [1.807, 2.05) is 30.3 Å². The molecular formula is C26H25FN2O3. The van der Waals surface area contributed by atoms with Gasteiger partial charge < -0.3 is 15.0 Å². The molecule has 164 valence electrons. The first-order valence-corrected chi connectivity index (χ1v) is 10.6. The van der Waals surface area contributed by atoms with Gasteiger partial charge in [-0.25, -0.2) is 4.39 Å². The van der Waals surface area contributed by atoms with E-state index >= 15 is 0 Å². The van der Waals surface area contributed by atoms with Crippen LogP contribution in [0.2, 0.25) is 0 Å². The number of methoxy groups -OCH3 is 1. The van der Waals surface area contributed by atoms with Gasteiger partial charge in [0.25, 0.3) is 5.91 Å². The highest BCUT2D eigenvalue weighted by atomic mass is 19.1. The maximum absolute atomic E-state index is 13.1. The predicted molar refractivity (Wildman–Crippen MR) is 120 cm³/mol. The number of hydrogen-bond acceptors (Lipinski definition) is 3. The van der Waals surface area contributed by atoms with Crippen LogP contribution in [-0.4, -0.2) is 36.9 Å². The molecule has 2 atom stereocenters. The molecule has 1 heterocycles. The molecule has 0 unspecified atom stereocenters. The van der Waals surface area contributed by atoms with Gasteiger partial charge in [0.05, 0.1) is 13.0 Å². The van der Waals surface area contributed by atoms with Crippen LogP contribution < -0.4 is 10.1 Å². The second kappa shape index (κ2) is 9.64. The fourth-order valence-corrected chi connectivity index (χ4v) is 4.11. The van der Waals surface area contributed by atoms with Crippen LogP contribution in [0.5, 0.6) is 5.75 Å². The lowest BCUT2D eigenvalue weighted by molar-refractivity contribution is -0.125. The summed E-state index contributed by atoms with van der Waals surface area (Å²) in [6, 6.07) is 22.8. The van der Waals surface area contributed by atoms with Crippen molar-refractivity contribution in [2.24, 2.45) is 5.92 Å². The Bertz CT molecular complexity index is 1070. The van der Waals surface area contributed by atoms with Crippen molar-refractivity contribution in [3.8, 4) is 5.75 Å². The number of nitrogens with one attached hydrogen (secondary N) is 1. The maximum atomic E-state index is 13.1. The molecule has 3 aromatic carbocycles. The Hall–Kier alpha value is -3.67. The van der Waals surface area contributed by atoms with Crippen LogP contribution in [0.1, 0.15) is 27.4 Å². The number of rotatable bonds is 6. The first-order valence-electron chi connectivity index (χ1n) is 10.6. The van der Waals surface area contributed by atoms with E-state index in [1.165, 1.54) is 12.1 Å². The molecule has 0 radical (unpaired) electrons. The van der Waals surface area contributed by atoms with E-state index in [-0.39, 0.29) is 29.5 Å². The molecule has 6 heteroatoms. The molecule has 1 aliphatic heterocycles. The van der Waals surface area contributed by atoms with Crippen LogP contribution in [0.15, 0.2) is 78.9 Å². The van der Waals surface area contributed by atoms with Gasteiger partial charge in [-0.2, -0.15) is 0 Å². The van der Waals surface area contributed by atoms with E-state index in [9.17, 15) is 14.0 Å². The first kappa shape index (κ1) is 21.6. The number of benzene rings is 3. The van der Waals surface area contributed by atoms with Gasteiger partial charge in [0.2, 0.25) is 5.91 Å². The summed E-state index contributed by atoms with van der Waals surface area (Å²) in [5.41, 5.74) is 2.41. The van der Waals surface area contributed by atoms with Crippen molar-refractivity contribution in [1.29, 1.82) is 0 Å². The summed E-state index contributed by atoms with van der Waals surface area (Å²) in [7, 11) is 1.58. The van der Waals surface area contributed by atoms with Gasteiger partial charge in [-0.15, -0.1) is 0 Å². The third-order valence-electron chi connectivity index (χ3n) is 5.89. The molecule has 1 aliphatic rings. The van der Waals surface area contributed by atoms with Crippen molar-refractivity contribution >= 4 is 11.8 Å². The molecule has 1 fully saturated rings. The molecule has 2 amide bonds. The van der Waals surface area contributed by atoms with E-state index in [4.69, 9.17) is 4.74 Å². The minimum atomic E-state index is -0.375. The zero-order valence-corrected chi connectivity index (χ0v) is 17.8. The van der Waals surface area contributed by atoms with Crippen LogP contribution >= 0.6 is 0 Å². The molecule has 4 rings (SSSR count). The average Bonchev–Trinajstić information content (AvgIpc) is 3.29. The third-order valence-corrected chi connectivity index (χ3v) is 5.89. The van der Waals surface area contributed by atoms with E-state index in [0.717, 1.165) is 11.1 Å². The molecule has 5 nitrogen and oxygen atoms in total. The zero-order valence-electron chi connectivity index (χ0n) is 17.8. The van der Waals surface area contributed by atoms with Gasteiger partial charge in [0, 0.05) is 31.1 Å². The van der Waals surface area contributed by atoms with Gasteiger partial charge in [-0.05, 0) is 47.5 Å². The van der Waals surface area contributed by atoms with Crippen molar-refractivity contribution in [2.45, 2.75) is 12.5 Å². The Morgan fingerprint density at radius 1 is 0.969 bits per heavy atom. The van der Waals surface area contributed by atoms with Crippen LogP contribution in [-0.2, 0) is 11.3 Å². The summed E-state index contributed by atoms with van der Waals surface area (Å²) in [6.07, 6.45) is 0. The van der Waals surface area contributed by atoms with Gasteiger partial charge in [0.15, 0.2) is 0 Å². The van der Waals surface area contributed by atoms with Crippen molar-refractivity contribution in [3.63, 3.8) is 0 Å². The Morgan fingerprint density at radius 2 is 1.66 bits per heavy atom. The third kappa shape index (κ3) is 4.80. The number of ether oxygens (including phenoxy) is 1. The lowest BCUT2D eigenvalue weighted by atomic mass is 9.88. The van der Waals surface area contributed by atoms with E-state index in [1.54, 1.807) is 48.4 Å². The molecule has 1 saturated heterocycles. The Balaban J connectivity index is 1.51. The quantitative estimate of drug-likeness (QED) is 0.640. The molecule has 0 spiro atoms. The minimum absolute atomic E-state index is 0.105. The molecular weight excluding hydrogens is 407 g/mol. The standard InChI is InChI=1S/C26H25FN2O3/c1-32-22-13-9-20(10-14-22)26(31)29-16-23(19-5-3-2-4-6-19)24(17-29)25(30)28-15-18-7-11-21(27)12-8-18/h2-14,23-24H,15-17H2,1H3,(H,28,30)/t23-,24-/m1/s1. The van der Waals surface area contributed by atoms with Gasteiger partial charge in [-0.1, -0.05) is 42.5 Å². The van der Waals surface area contributed by atoms with Gasteiger partial charge in [-0.3, -0.25) is 9.59 Å². The van der Waals surface area contributed by atoms with Gasteiger partial charge in [0.1, 0.15) is 11.6 Å². The van der Waals surface area contributed by atoms with E-state index in [2.05, 4.69) is 5.32 Å². The van der Waals surface area contributed by atoms with E-state index in [0.29, 0.717) is 30.9 Å². The molecule has 3 aromatic rings. The van der Waals surface area contributed by atoms with Crippen LogP contribution in [0.3, 0.4) is 0 Å². The Kier molecular flexibility index (Phi) is 6.50. The fourth-order valence-electron chi connectivity index (χ4n) is 4.11. The summed E-state index contributed by atoms with van der Waals surface area (Å²) >= 11 is 0. The SMILES string of the molecule is COc1ccc(C(=O)N2C[C@H](c3ccccc3)[C@H](C(=O)NCc3ccc(F)cc3)C2)cc1. The normalized spacial score (nSPS) is 17.8. The summed E-state index contributed by atoms with van der Waals surface area (Å²) in [5, 5.41) is 2.96.